The zero-order chi connectivity index (χ0) is 7.72. The largest absolute Gasteiger partial charge is 0.292 e. The Labute approximate surface area is 57.6 Å². The second kappa shape index (κ2) is 2.22. The Morgan fingerprint density at radius 3 is 2.10 bits per heavy atom. The summed E-state index contributed by atoms with van der Waals surface area (Å²) in [6, 6.07) is 0. The maximum absolute atomic E-state index is 10.4. The highest BCUT2D eigenvalue weighted by Gasteiger charge is 2.29. The fraction of sp³-hybridized carbons (Fsp3) is 0.250. The van der Waals surface area contributed by atoms with E-state index in [4.69, 9.17) is 0 Å². The smallest absolute Gasteiger partial charge is 0.272 e. The molecule has 6 heteroatoms. The van der Waals surface area contributed by atoms with Crippen molar-refractivity contribution in [2.24, 2.45) is 0 Å². The molecular weight excluding hydrogens is 158 g/mol. The Kier molecular flexibility index (Phi) is 1.54. The van der Waals surface area contributed by atoms with Gasteiger partial charge in [-0.25, -0.2) is 0 Å². The zero-order valence-corrected chi connectivity index (χ0v) is 5.51. The number of carbonyl (C=O) groups excluding carboxylic acids is 2. The zero-order valence-electron chi connectivity index (χ0n) is 4.70. The molecule has 0 aromatic rings. The summed E-state index contributed by atoms with van der Waals surface area (Å²) >= 11 is 0. The third kappa shape index (κ3) is 1.06. The first-order valence-corrected chi connectivity index (χ1v) is 3.42. The van der Waals surface area contributed by atoms with Crippen molar-refractivity contribution in [1.29, 1.82) is 0 Å². The molecular formula is C4H2NO4S. The molecule has 0 aliphatic carbocycles. The lowest BCUT2D eigenvalue weighted by atomic mass is 10.4. The number of rotatable bonds is 0. The maximum atomic E-state index is 10.4. The minimum absolute atomic E-state index is 0.380. The van der Waals surface area contributed by atoms with E-state index in [0.717, 1.165) is 0 Å². The lowest BCUT2D eigenvalue weighted by molar-refractivity contribution is -0.124. The molecule has 0 N–H and O–H groups in total. The van der Waals surface area contributed by atoms with E-state index in [-0.39, 0.29) is 6.42 Å². The van der Waals surface area contributed by atoms with Gasteiger partial charge in [-0.2, -0.15) is 13.7 Å². The van der Waals surface area contributed by atoms with E-state index < -0.39 is 27.0 Å². The Morgan fingerprint density at radius 2 is 1.90 bits per heavy atom. The van der Waals surface area contributed by atoms with Gasteiger partial charge in [-0.15, -0.1) is 0 Å². The third-order valence-corrected chi connectivity index (χ3v) is 1.70. The van der Waals surface area contributed by atoms with Crippen LogP contribution in [0.5, 0.6) is 0 Å². The molecule has 2 amide bonds. The third-order valence-electron chi connectivity index (χ3n) is 0.978. The quantitative estimate of drug-likeness (QED) is 0.306. The Bertz CT molecular complexity index is 317. The standard InChI is InChI=1S/C4H2NO4S/c6-3-1-2(10(8)9)4(7)5-3/h1H2. The van der Waals surface area contributed by atoms with Crippen molar-refractivity contribution in [2.75, 3.05) is 0 Å². The van der Waals surface area contributed by atoms with E-state index in [0.29, 0.717) is 0 Å². The minimum atomic E-state index is -2.59. The molecule has 1 rings (SSSR count). The van der Waals surface area contributed by atoms with Gasteiger partial charge in [0.05, 0.1) is 6.42 Å². The molecule has 5 nitrogen and oxygen atoms in total. The molecule has 0 aromatic heterocycles. The molecule has 1 fully saturated rings. The molecule has 0 unspecified atom stereocenters. The predicted octanol–water partition coefficient (Wildman–Crippen LogP) is -1.90. The van der Waals surface area contributed by atoms with Crippen LogP contribution in [0.2, 0.25) is 0 Å². The van der Waals surface area contributed by atoms with E-state index in [1.807, 2.05) is 0 Å². The van der Waals surface area contributed by atoms with Crippen molar-refractivity contribution in [1.82, 2.24) is 5.32 Å². The summed E-state index contributed by atoms with van der Waals surface area (Å²) in [5.74, 6) is -1.62. The van der Waals surface area contributed by atoms with Gasteiger partial charge in [0.2, 0.25) is 10.3 Å². The average molecular weight is 160 g/mol. The lowest BCUT2D eigenvalue weighted by Gasteiger charge is -1.74. The van der Waals surface area contributed by atoms with Gasteiger partial charge in [0, 0.05) is 0 Å². The molecule has 0 atom stereocenters. The van der Waals surface area contributed by atoms with Crippen LogP contribution in [-0.2, 0) is 19.9 Å². The van der Waals surface area contributed by atoms with Gasteiger partial charge >= 0.3 is 0 Å². The van der Waals surface area contributed by atoms with E-state index in [9.17, 15) is 18.0 Å². The van der Waals surface area contributed by atoms with E-state index >= 15 is 0 Å². The molecule has 0 bridgehead atoms. The van der Waals surface area contributed by atoms with Gasteiger partial charge in [0.25, 0.3) is 11.8 Å². The van der Waals surface area contributed by atoms with Crippen molar-refractivity contribution < 1.29 is 18.0 Å². The normalized spacial score (nSPS) is 17.4. The molecule has 0 spiro atoms. The van der Waals surface area contributed by atoms with Gasteiger partial charge in [0.15, 0.2) is 0 Å². The van der Waals surface area contributed by atoms with Crippen LogP contribution in [0.3, 0.4) is 0 Å². The van der Waals surface area contributed by atoms with Crippen LogP contribution >= 0.6 is 0 Å². The summed E-state index contributed by atoms with van der Waals surface area (Å²) in [6.07, 6.45) is -0.380. The van der Waals surface area contributed by atoms with Crippen LogP contribution in [0.4, 0.5) is 0 Å². The summed E-state index contributed by atoms with van der Waals surface area (Å²) in [7, 11) is -2.59. The summed E-state index contributed by atoms with van der Waals surface area (Å²) in [5, 5.41) is 2.88. The van der Waals surface area contributed by atoms with Crippen LogP contribution in [0.25, 0.3) is 0 Å². The van der Waals surface area contributed by atoms with Gasteiger partial charge < -0.3 is 0 Å². The molecule has 1 saturated heterocycles. The number of hydrogen-bond donors (Lipinski definition) is 0. The molecule has 0 aromatic carbocycles. The fourth-order valence-corrected chi connectivity index (χ4v) is 0.988. The number of hydrogen-bond acceptors (Lipinski definition) is 4. The molecule has 53 valence electrons. The highest BCUT2D eigenvalue weighted by atomic mass is 32.2. The van der Waals surface area contributed by atoms with Gasteiger partial charge in [0.1, 0.15) is 4.86 Å². The monoisotopic (exact) mass is 160 g/mol. The maximum Gasteiger partial charge on any atom is 0.292 e. The highest BCUT2D eigenvalue weighted by molar-refractivity contribution is 7.75. The van der Waals surface area contributed by atoms with Crippen LogP contribution in [0.1, 0.15) is 6.42 Å². The highest BCUT2D eigenvalue weighted by Crippen LogP contribution is 1.96. The summed E-state index contributed by atoms with van der Waals surface area (Å²) < 4.78 is 20.2. The molecule has 1 aliphatic rings. The number of carbonyl (C=O) groups is 2. The second-order valence-electron chi connectivity index (χ2n) is 1.65. The summed E-state index contributed by atoms with van der Waals surface area (Å²) in [6.45, 7) is 0. The van der Waals surface area contributed by atoms with Crippen molar-refractivity contribution in [3.63, 3.8) is 0 Å². The lowest BCUT2D eigenvalue weighted by Crippen LogP contribution is -2.14. The Morgan fingerprint density at radius 1 is 1.30 bits per heavy atom. The average Bonchev–Trinajstić information content (AvgIpc) is 2.10. The summed E-state index contributed by atoms with van der Waals surface area (Å²) in [5.41, 5.74) is 0. The first-order valence-electron chi connectivity index (χ1n) is 2.35. The van der Waals surface area contributed by atoms with Crippen molar-refractivity contribution in [3.05, 3.63) is 0 Å². The first kappa shape index (κ1) is 6.94. The SMILES string of the molecule is O=C1CC(=S(=O)=O)C(=O)[N]1. The number of imide groups is 1. The van der Waals surface area contributed by atoms with Crippen LogP contribution in [0, 0.1) is 0 Å². The van der Waals surface area contributed by atoms with Crippen LogP contribution in [0.15, 0.2) is 0 Å². The predicted molar refractivity (Wildman–Crippen MR) is 30.7 cm³/mol. The minimum Gasteiger partial charge on any atom is -0.272 e. The molecule has 0 saturated carbocycles. The molecule has 10 heavy (non-hydrogen) atoms. The van der Waals surface area contributed by atoms with Crippen LogP contribution < -0.4 is 5.32 Å². The Hall–Kier alpha value is -1.17. The van der Waals surface area contributed by atoms with Crippen molar-refractivity contribution in [2.45, 2.75) is 6.42 Å². The molecule has 1 radical (unpaired) electrons. The van der Waals surface area contributed by atoms with Crippen LogP contribution in [-0.4, -0.2) is 25.1 Å². The van der Waals surface area contributed by atoms with Crippen molar-refractivity contribution >= 4 is 27.0 Å². The van der Waals surface area contributed by atoms with Gasteiger partial charge in [-0.05, 0) is 0 Å². The number of amides is 2. The van der Waals surface area contributed by atoms with Gasteiger partial charge in [-0.1, -0.05) is 0 Å². The second-order valence-corrected chi connectivity index (χ2v) is 2.61. The van der Waals surface area contributed by atoms with E-state index in [1.165, 1.54) is 0 Å². The van der Waals surface area contributed by atoms with E-state index in [2.05, 4.69) is 5.32 Å². The molecule has 1 heterocycles. The molecule has 1 aliphatic heterocycles. The first-order chi connectivity index (χ1) is 4.61. The summed E-state index contributed by atoms with van der Waals surface area (Å²) in [4.78, 5) is 20.3. The fourth-order valence-electron chi connectivity index (χ4n) is 0.558. The van der Waals surface area contributed by atoms with E-state index in [1.54, 1.807) is 0 Å². The van der Waals surface area contributed by atoms with Crippen molar-refractivity contribution in [3.8, 4) is 0 Å². The Balaban J connectivity index is 3.18. The topological polar surface area (TPSA) is 82.4 Å². The number of nitrogens with zero attached hydrogens (tertiary/aromatic N) is 1. The van der Waals surface area contributed by atoms with Gasteiger partial charge in [-0.3, -0.25) is 9.59 Å².